The van der Waals surface area contributed by atoms with Crippen molar-refractivity contribution < 1.29 is 32.3 Å². The zero-order chi connectivity index (χ0) is 38.6. The molecule has 0 unspecified atom stereocenters. The lowest BCUT2D eigenvalue weighted by atomic mass is 9.32. The average Bonchev–Trinajstić information content (AvgIpc) is 3.56. The van der Waals surface area contributed by atoms with E-state index in [-0.39, 0.29) is 40.0 Å². The van der Waals surface area contributed by atoms with Crippen LogP contribution in [-0.2, 0) is 4.79 Å². The number of carboxylic acid groups (broad SMARTS) is 1. The van der Waals surface area contributed by atoms with Crippen molar-refractivity contribution >= 4 is 17.4 Å². The summed E-state index contributed by atoms with van der Waals surface area (Å²) in [7, 11) is 0. The summed E-state index contributed by atoms with van der Waals surface area (Å²) in [6, 6.07) is 7.41. The van der Waals surface area contributed by atoms with Crippen LogP contribution in [0.3, 0.4) is 0 Å². The first-order chi connectivity index (χ1) is 24.6. The smallest absolute Gasteiger partial charge is 0.335 e. The van der Waals surface area contributed by atoms with Crippen LogP contribution in [0.1, 0.15) is 122 Å². The van der Waals surface area contributed by atoms with E-state index in [1.807, 2.05) is 12.1 Å². The van der Waals surface area contributed by atoms with Crippen LogP contribution < -0.4 is 5.32 Å². The lowest BCUT2D eigenvalue weighted by Crippen LogP contribution is -2.65. The standard InChI is InChI=1S/C44H60F4N2O3/c1-27(2)30-14-20-42(24-49-23-17-35(51)50-25-43(45,46)44(47,48)26-50)22-21-40(6)32(36(30)42)12-13-34-39(5)18-15-31(28-8-10-29(11-9-28)37(52)53)38(3,4)33(39)16-19-41(34,40)7/h8-11,15,30,32-34,36,49H,1,12-14,16-26H2,2-7H3,(H,52,53)/t30-,32+,33-,34+,36+,39-,40+,41+,42+/m0/s1. The number of carbonyl (C=O) groups is 2. The summed E-state index contributed by atoms with van der Waals surface area (Å²) < 4.78 is 55.1. The molecule has 1 saturated heterocycles. The highest BCUT2D eigenvalue weighted by Crippen LogP contribution is 2.77. The third kappa shape index (κ3) is 5.69. The van der Waals surface area contributed by atoms with Crippen LogP contribution in [0.5, 0.6) is 0 Å². The summed E-state index contributed by atoms with van der Waals surface area (Å²) in [5, 5.41) is 13.0. The molecule has 0 bridgehead atoms. The summed E-state index contributed by atoms with van der Waals surface area (Å²) in [6.45, 7) is 17.9. The number of rotatable bonds is 8. The second-order valence-corrected chi connectivity index (χ2v) is 19.6. The number of carboxylic acids is 1. The van der Waals surface area contributed by atoms with E-state index in [2.05, 4.69) is 59.5 Å². The van der Waals surface area contributed by atoms with Gasteiger partial charge < -0.3 is 15.3 Å². The molecule has 6 aliphatic rings. The Kier molecular flexibility index (Phi) is 9.23. The molecule has 292 valence electrons. The maximum absolute atomic E-state index is 13.8. The summed E-state index contributed by atoms with van der Waals surface area (Å²) in [4.78, 5) is 24.9. The lowest BCUT2D eigenvalue weighted by molar-refractivity contribution is -0.225. The number of alkyl halides is 4. The van der Waals surface area contributed by atoms with Gasteiger partial charge in [-0.2, -0.15) is 17.6 Å². The highest BCUT2D eigenvalue weighted by molar-refractivity contribution is 5.88. The molecule has 53 heavy (non-hydrogen) atoms. The van der Waals surface area contributed by atoms with E-state index >= 15 is 0 Å². The molecule has 0 spiro atoms. The fourth-order valence-electron chi connectivity index (χ4n) is 14.1. The molecule has 0 radical (unpaired) electrons. The van der Waals surface area contributed by atoms with Gasteiger partial charge in [0.2, 0.25) is 5.91 Å². The van der Waals surface area contributed by atoms with Gasteiger partial charge in [0.25, 0.3) is 0 Å². The van der Waals surface area contributed by atoms with Crippen molar-refractivity contribution in [3.63, 3.8) is 0 Å². The molecule has 1 aromatic rings. The minimum absolute atomic E-state index is 0.0511. The van der Waals surface area contributed by atoms with Crippen molar-refractivity contribution in [2.75, 3.05) is 26.2 Å². The Bertz CT molecular complexity index is 1670. The number of nitrogens with one attached hydrogen (secondary N) is 1. The van der Waals surface area contributed by atoms with Gasteiger partial charge in [-0.05, 0) is 145 Å². The molecule has 1 amide bonds. The second kappa shape index (κ2) is 12.7. The van der Waals surface area contributed by atoms with Crippen molar-refractivity contribution in [3.8, 4) is 0 Å². The topological polar surface area (TPSA) is 69.6 Å². The lowest BCUT2D eigenvalue weighted by Gasteiger charge is -2.72. The number of hydrogen-bond acceptors (Lipinski definition) is 3. The van der Waals surface area contributed by atoms with Crippen LogP contribution in [0.4, 0.5) is 17.6 Å². The number of carbonyl (C=O) groups excluding carboxylic acids is 1. The van der Waals surface area contributed by atoms with Crippen LogP contribution in [0, 0.1) is 56.7 Å². The fourth-order valence-corrected chi connectivity index (χ4v) is 14.1. The highest BCUT2D eigenvalue weighted by atomic mass is 19.3. The maximum atomic E-state index is 13.8. The van der Waals surface area contributed by atoms with Crippen molar-refractivity contribution in [1.82, 2.24) is 10.2 Å². The number of hydrogen-bond donors (Lipinski definition) is 2. The minimum atomic E-state index is -4.19. The highest BCUT2D eigenvalue weighted by Gasteiger charge is 2.70. The first kappa shape index (κ1) is 38.6. The molecule has 1 heterocycles. The second-order valence-electron chi connectivity index (χ2n) is 19.6. The molecule has 9 atom stereocenters. The molecule has 5 nitrogen and oxygen atoms in total. The van der Waals surface area contributed by atoms with Gasteiger partial charge in [-0.3, -0.25) is 4.79 Å². The summed E-state index contributed by atoms with van der Waals surface area (Å²) >= 11 is 0. The number of amides is 1. The quantitative estimate of drug-likeness (QED) is 0.158. The summed E-state index contributed by atoms with van der Waals surface area (Å²) in [5.74, 6) is -7.41. The van der Waals surface area contributed by atoms with Crippen LogP contribution in [0.15, 0.2) is 42.5 Å². The van der Waals surface area contributed by atoms with Crippen molar-refractivity contribution in [1.29, 1.82) is 0 Å². The minimum Gasteiger partial charge on any atom is -0.478 e. The van der Waals surface area contributed by atoms with Crippen molar-refractivity contribution in [2.45, 2.75) is 118 Å². The van der Waals surface area contributed by atoms with Crippen LogP contribution >= 0.6 is 0 Å². The van der Waals surface area contributed by atoms with E-state index < -0.39 is 36.8 Å². The largest absolute Gasteiger partial charge is 0.478 e. The third-order valence-corrected chi connectivity index (χ3v) is 16.9. The monoisotopic (exact) mass is 740 g/mol. The van der Waals surface area contributed by atoms with Crippen molar-refractivity contribution in [3.05, 3.63) is 53.6 Å². The van der Waals surface area contributed by atoms with Gasteiger partial charge in [0.15, 0.2) is 0 Å². The first-order valence-electron chi connectivity index (χ1n) is 20.1. The first-order valence-corrected chi connectivity index (χ1v) is 20.1. The molecule has 1 aromatic carbocycles. The Hall–Kier alpha value is -2.68. The van der Waals surface area contributed by atoms with E-state index in [4.69, 9.17) is 0 Å². The van der Waals surface area contributed by atoms with Gasteiger partial charge >= 0.3 is 17.8 Å². The molecule has 5 fully saturated rings. The molecule has 4 saturated carbocycles. The van der Waals surface area contributed by atoms with E-state index in [9.17, 15) is 32.3 Å². The Morgan fingerprint density at radius 3 is 2.15 bits per heavy atom. The normalized spacial score (nSPS) is 40.7. The Morgan fingerprint density at radius 2 is 1.53 bits per heavy atom. The number of nitrogens with zero attached hydrogens (tertiary/aromatic N) is 1. The Morgan fingerprint density at radius 1 is 0.868 bits per heavy atom. The predicted molar refractivity (Wildman–Crippen MR) is 200 cm³/mol. The third-order valence-electron chi connectivity index (χ3n) is 16.9. The van der Waals surface area contributed by atoms with Crippen LogP contribution in [-0.4, -0.2) is 59.9 Å². The number of aromatic carboxylic acids is 1. The average molecular weight is 741 g/mol. The Balaban J connectivity index is 1.10. The summed E-state index contributed by atoms with van der Waals surface area (Å²) in [5.41, 5.74) is 4.48. The number of allylic oxidation sites excluding steroid dienone is 3. The van der Waals surface area contributed by atoms with Gasteiger partial charge in [0.05, 0.1) is 18.7 Å². The van der Waals surface area contributed by atoms with Gasteiger partial charge in [-0.1, -0.05) is 65.0 Å². The molecule has 0 aromatic heterocycles. The zero-order valence-electron chi connectivity index (χ0n) is 32.6. The molecule has 2 N–H and O–H groups in total. The van der Waals surface area contributed by atoms with E-state index in [1.54, 1.807) is 12.1 Å². The molecule has 5 aliphatic carbocycles. The van der Waals surface area contributed by atoms with Gasteiger partial charge in [0.1, 0.15) is 0 Å². The molecular formula is C44H60F4N2O3. The van der Waals surface area contributed by atoms with E-state index in [1.165, 1.54) is 30.4 Å². The Labute approximate surface area is 313 Å². The SMILES string of the molecule is C=C(C)[C@@H]1CC[C@]2(CNCCC(=O)N3CC(F)(F)C(F)(F)C3)CC[C@]3(C)[C@H](CC[C@@H]4[C@@]5(C)CC=C(c6ccc(C(=O)O)cc6)C(C)(C)[C@@H]5CC[C@]43C)[C@@H]12. The van der Waals surface area contributed by atoms with Gasteiger partial charge in [-0.25, -0.2) is 4.79 Å². The van der Waals surface area contributed by atoms with Crippen molar-refractivity contribution in [2.24, 2.45) is 56.7 Å². The molecule has 7 rings (SSSR count). The van der Waals surface area contributed by atoms with Gasteiger partial charge in [-0.15, -0.1) is 0 Å². The number of likely N-dealkylation sites (tertiary alicyclic amines) is 1. The number of fused-ring (bicyclic) bond motifs is 7. The number of halogens is 4. The van der Waals surface area contributed by atoms with Gasteiger partial charge in [0, 0.05) is 19.5 Å². The van der Waals surface area contributed by atoms with Crippen LogP contribution in [0.25, 0.3) is 5.57 Å². The van der Waals surface area contributed by atoms with Crippen LogP contribution in [0.2, 0.25) is 0 Å². The molecular weight excluding hydrogens is 680 g/mol. The zero-order valence-corrected chi connectivity index (χ0v) is 32.6. The predicted octanol–water partition coefficient (Wildman–Crippen LogP) is 10.1. The number of benzene rings is 1. The fraction of sp³-hybridized carbons (Fsp3) is 0.727. The summed E-state index contributed by atoms with van der Waals surface area (Å²) in [6.07, 6.45) is 12.6. The van der Waals surface area contributed by atoms with E-state index in [0.717, 1.165) is 50.6 Å². The molecule has 1 aliphatic heterocycles. The van der Waals surface area contributed by atoms with E-state index in [0.29, 0.717) is 40.1 Å². The molecule has 9 heteroatoms. The maximum Gasteiger partial charge on any atom is 0.335 e.